The molecule has 0 saturated carbocycles. The molecule has 0 N–H and O–H groups in total. The van der Waals surface area contributed by atoms with E-state index in [1.165, 1.54) is 0 Å². The third-order valence-corrected chi connectivity index (χ3v) is 5.19. The molecule has 1 heterocycles. The third kappa shape index (κ3) is 6.31. The maximum Gasteiger partial charge on any atom is 0.312 e. The highest BCUT2D eigenvalue weighted by atomic mass is 79.9. The maximum absolute atomic E-state index is 14.4. The molecule has 1 aliphatic rings. The van der Waals surface area contributed by atoms with Crippen LogP contribution >= 0.6 is 15.9 Å². The van der Waals surface area contributed by atoms with Crippen molar-refractivity contribution in [2.75, 3.05) is 6.61 Å². The van der Waals surface area contributed by atoms with Gasteiger partial charge in [-0.1, -0.05) is 60.7 Å². The van der Waals surface area contributed by atoms with Crippen molar-refractivity contribution in [2.45, 2.75) is 43.5 Å². The molecule has 1 saturated heterocycles. The minimum Gasteiger partial charge on any atom is -0.435 e. The summed E-state index contributed by atoms with van der Waals surface area (Å²) in [4.78, 5) is 8.06. The number of alkyl halides is 3. The van der Waals surface area contributed by atoms with Crippen molar-refractivity contribution in [3.05, 3.63) is 71.8 Å². The van der Waals surface area contributed by atoms with Crippen LogP contribution in [0.3, 0.4) is 0 Å². The first-order valence-electron chi connectivity index (χ1n) is 9.51. The summed E-state index contributed by atoms with van der Waals surface area (Å²) in [7, 11) is 0. The number of carbonyl (C=O) groups excluding carboxylic acids is 1. The minimum absolute atomic E-state index is 0.00565. The molecule has 1 aliphatic heterocycles. The number of rotatable bonds is 9. The van der Waals surface area contributed by atoms with Crippen LogP contribution in [0.4, 0.5) is 8.78 Å². The van der Waals surface area contributed by atoms with Crippen LogP contribution in [0.25, 0.3) is 0 Å². The number of esters is 1. The number of hydrogen-bond acceptors (Lipinski definition) is 5. The fourth-order valence-electron chi connectivity index (χ4n) is 3.30. The monoisotopic (exact) mass is 484 g/mol. The smallest absolute Gasteiger partial charge is 0.312 e. The highest BCUT2D eigenvalue weighted by Crippen LogP contribution is 2.44. The van der Waals surface area contributed by atoms with Crippen molar-refractivity contribution >= 4 is 21.9 Å². The topological polar surface area (TPSA) is 54.0 Å². The molecule has 5 nitrogen and oxygen atoms in total. The van der Waals surface area contributed by atoms with Gasteiger partial charge in [-0.2, -0.15) is 8.78 Å². The molecule has 3 rings (SSSR count). The van der Waals surface area contributed by atoms with E-state index in [9.17, 15) is 13.6 Å². The Morgan fingerprint density at radius 1 is 1.03 bits per heavy atom. The second-order valence-electron chi connectivity index (χ2n) is 6.98. The Kier molecular flexibility index (Phi) is 7.93. The molecule has 2 aromatic rings. The van der Waals surface area contributed by atoms with Crippen molar-refractivity contribution in [3.8, 4) is 0 Å². The summed E-state index contributed by atoms with van der Waals surface area (Å²) in [5, 5.41) is 0. The molecule has 0 aliphatic carbocycles. The van der Waals surface area contributed by atoms with E-state index in [4.69, 9.17) is 18.9 Å². The van der Waals surface area contributed by atoms with Crippen LogP contribution < -0.4 is 0 Å². The zero-order valence-electron chi connectivity index (χ0n) is 16.4. The predicted molar refractivity (Wildman–Crippen MR) is 109 cm³/mol. The Hall–Kier alpha value is -1.87. The standard InChI is InChI=1S/C22H23BrF2O5/c1-15(26)29-21-19(22(23,24)25)20(28-13-17-10-6-3-7-11-17)18(30-21)14-27-12-16-8-4-2-5-9-16/h2-11,18-21H,12-14H2,1H3/t18-,19+,20-,21+/m1/s1. The molecule has 0 aromatic heterocycles. The fourth-order valence-corrected chi connectivity index (χ4v) is 3.78. The van der Waals surface area contributed by atoms with Crippen LogP contribution in [-0.2, 0) is 37.0 Å². The van der Waals surface area contributed by atoms with Crippen LogP contribution in [0, 0.1) is 5.92 Å². The number of carbonyl (C=O) groups is 1. The molecular formula is C22H23BrF2O5. The molecule has 8 heteroatoms. The second-order valence-corrected chi connectivity index (χ2v) is 8.04. The number of halogens is 3. The molecule has 2 aromatic carbocycles. The molecule has 4 atom stereocenters. The lowest BCUT2D eigenvalue weighted by molar-refractivity contribution is -0.191. The van der Waals surface area contributed by atoms with Gasteiger partial charge in [-0.25, -0.2) is 0 Å². The first kappa shape index (κ1) is 22.8. The van der Waals surface area contributed by atoms with Gasteiger partial charge in [0.1, 0.15) is 18.1 Å². The Morgan fingerprint density at radius 3 is 2.13 bits per heavy atom. The summed E-state index contributed by atoms with van der Waals surface area (Å²) < 4.78 is 51.0. The van der Waals surface area contributed by atoms with Crippen LogP contribution in [0.1, 0.15) is 18.1 Å². The van der Waals surface area contributed by atoms with Crippen LogP contribution in [0.5, 0.6) is 0 Å². The normalized spacial score (nSPS) is 24.0. The minimum atomic E-state index is -3.37. The molecule has 0 unspecified atom stereocenters. The molecule has 0 radical (unpaired) electrons. The molecule has 0 spiro atoms. The van der Waals surface area contributed by atoms with Gasteiger partial charge in [0.25, 0.3) is 0 Å². The Labute approximate surface area is 182 Å². The van der Waals surface area contributed by atoms with Crippen molar-refractivity contribution in [3.63, 3.8) is 0 Å². The average molecular weight is 485 g/mol. The van der Waals surface area contributed by atoms with E-state index in [1.54, 1.807) is 0 Å². The summed E-state index contributed by atoms with van der Waals surface area (Å²) >= 11 is 2.41. The summed E-state index contributed by atoms with van der Waals surface area (Å²) in [6.45, 7) is 1.55. The van der Waals surface area contributed by atoms with Crippen molar-refractivity contribution < 1.29 is 32.5 Å². The van der Waals surface area contributed by atoms with Gasteiger partial charge >= 0.3 is 10.8 Å². The van der Waals surface area contributed by atoms with E-state index in [1.807, 2.05) is 60.7 Å². The van der Waals surface area contributed by atoms with Gasteiger partial charge in [-0.15, -0.1) is 0 Å². The van der Waals surface area contributed by atoms with Crippen LogP contribution in [-0.4, -0.2) is 35.9 Å². The Balaban J connectivity index is 1.73. The van der Waals surface area contributed by atoms with Gasteiger partial charge in [0.2, 0.25) is 6.29 Å². The van der Waals surface area contributed by atoms with Crippen molar-refractivity contribution in [1.82, 2.24) is 0 Å². The zero-order chi connectivity index (χ0) is 21.6. The van der Waals surface area contributed by atoms with Gasteiger partial charge in [-0.05, 0) is 27.1 Å². The number of ether oxygens (including phenoxy) is 4. The van der Waals surface area contributed by atoms with Crippen molar-refractivity contribution in [2.24, 2.45) is 5.92 Å². The van der Waals surface area contributed by atoms with Crippen molar-refractivity contribution in [1.29, 1.82) is 0 Å². The summed E-state index contributed by atoms with van der Waals surface area (Å²) in [5.41, 5.74) is 1.77. The summed E-state index contributed by atoms with van der Waals surface area (Å²) in [6, 6.07) is 18.7. The van der Waals surface area contributed by atoms with Gasteiger partial charge in [0.05, 0.1) is 19.8 Å². The van der Waals surface area contributed by atoms with E-state index < -0.39 is 35.2 Å². The van der Waals surface area contributed by atoms with E-state index in [0.717, 1.165) is 18.1 Å². The largest absolute Gasteiger partial charge is 0.435 e. The molecule has 1 fully saturated rings. The highest BCUT2D eigenvalue weighted by Gasteiger charge is 2.58. The van der Waals surface area contributed by atoms with Gasteiger partial charge in [0.15, 0.2) is 0 Å². The second kappa shape index (κ2) is 10.4. The summed E-state index contributed by atoms with van der Waals surface area (Å²) in [5.74, 6) is -2.25. The van der Waals surface area contributed by atoms with E-state index in [2.05, 4.69) is 15.9 Å². The molecule has 0 amide bonds. The SMILES string of the molecule is CC(=O)O[C@H]1O[C@H](COCc2ccccc2)[C@@H](OCc2ccccc2)[C@@H]1C(F)(F)Br. The number of hydrogen-bond donors (Lipinski definition) is 0. The lowest BCUT2D eigenvalue weighted by atomic mass is 10.0. The molecule has 162 valence electrons. The highest BCUT2D eigenvalue weighted by molar-refractivity contribution is 9.10. The zero-order valence-corrected chi connectivity index (χ0v) is 18.0. The van der Waals surface area contributed by atoms with Gasteiger partial charge < -0.3 is 18.9 Å². The number of benzene rings is 2. The average Bonchev–Trinajstić information content (AvgIpc) is 3.04. The van der Waals surface area contributed by atoms with E-state index in [-0.39, 0.29) is 13.2 Å². The quantitative estimate of drug-likeness (QED) is 0.382. The van der Waals surface area contributed by atoms with E-state index in [0.29, 0.717) is 6.61 Å². The van der Waals surface area contributed by atoms with Gasteiger partial charge in [0, 0.05) is 6.92 Å². The fraction of sp³-hybridized carbons (Fsp3) is 0.409. The first-order valence-corrected chi connectivity index (χ1v) is 10.3. The molecule has 30 heavy (non-hydrogen) atoms. The van der Waals surface area contributed by atoms with Crippen LogP contribution in [0.15, 0.2) is 60.7 Å². The predicted octanol–water partition coefficient (Wildman–Crippen LogP) is 4.68. The maximum atomic E-state index is 14.4. The first-order chi connectivity index (χ1) is 14.3. The Morgan fingerprint density at radius 2 is 1.60 bits per heavy atom. The lowest BCUT2D eigenvalue weighted by Crippen LogP contribution is -2.41. The summed E-state index contributed by atoms with van der Waals surface area (Å²) in [6.07, 6.45) is -3.35. The molecular weight excluding hydrogens is 462 g/mol. The third-order valence-electron chi connectivity index (χ3n) is 4.66. The Bertz CT molecular complexity index is 800. The lowest BCUT2D eigenvalue weighted by Gasteiger charge is -2.27. The van der Waals surface area contributed by atoms with Gasteiger partial charge in [-0.3, -0.25) is 4.79 Å². The van der Waals surface area contributed by atoms with E-state index >= 15 is 0 Å². The van der Waals surface area contributed by atoms with Crippen LogP contribution in [0.2, 0.25) is 0 Å². The molecule has 0 bridgehead atoms.